The van der Waals surface area contributed by atoms with Crippen LogP contribution in [-0.4, -0.2) is 17.6 Å². The first kappa shape index (κ1) is 15.5. The molecule has 1 aromatic heterocycles. The van der Waals surface area contributed by atoms with Gasteiger partial charge in [0.1, 0.15) is 5.75 Å². The molecule has 0 saturated carbocycles. The molecule has 4 nitrogen and oxygen atoms in total. The van der Waals surface area contributed by atoms with Gasteiger partial charge in [-0.1, -0.05) is 35.6 Å². The summed E-state index contributed by atoms with van der Waals surface area (Å²) in [5, 5.41) is 0. The third-order valence-corrected chi connectivity index (χ3v) is 4.83. The molecular formula is C18H18N2O2S. The number of rotatable bonds is 3. The van der Waals surface area contributed by atoms with E-state index in [1.54, 1.807) is 7.11 Å². The van der Waals surface area contributed by atoms with Crippen molar-refractivity contribution in [2.24, 2.45) is 12.0 Å². The molecule has 2 aromatic carbocycles. The lowest BCUT2D eigenvalue weighted by Gasteiger charge is -2.02. The first-order valence-corrected chi connectivity index (χ1v) is 8.16. The predicted molar refractivity (Wildman–Crippen MR) is 92.8 cm³/mol. The van der Waals surface area contributed by atoms with E-state index in [9.17, 15) is 4.79 Å². The molecule has 0 N–H and O–H groups in total. The number of ether oxygens (including phenoxy) is 1. The zero-order valence-corrected chi connectivity index (χ0v) is 14.2. The summed E-state index contributed by atoms with van der Waals surface area (Å²) >= 11 is 1.54. The molecule has 0 atom stereocenters. The molecule has 3 rings (SSSR count). The Labute approximate surface area is 138 Å². The van der Waals surface area contributed by atoms with Gasteiger partial charge in [-0.15, -0.1) is 0 Å². The molecule has 3 aromatic rings. The summed E-state index contributed by atoms with van der Waals surface area (Å²) in [5.74, 6) is 0.594. The second-order valence-electron chi connectivity index (χ2n) is 5.40. The second kappa shape index (κ2) is 6.38. The Balaban J connectivity index is 1.93. The van der Waals surface area contributed by atoms with Crippen LogP contribution in [-0.2, 0) is 18.3 Å². The maximum Gasteiger partial charge on any atom is 0.252 e. The van der Waals surface area contributed by atoms with Crippen molar-refractivity contribution in [3.8, 4) is 5.75 Å². The standard InChI is InChI=1S/C18H18N2O2S/c1-12-6-4-9-15-17(12)20(2)18(23-15)19-16(21)11-13-7-5-8-14(10-13)22-3/h4-10H,11H2,1-3H3. The minimum Gasteiger partial charge on any atom is -0.497 e. The molecule has 0 spiro atoms. The van der Waals surface area contributed by atoms with Crippen molar-refractivity contribution in [3.63, 3.8) is 0 Å². The molecular weight excluding hydrogens is 308 g/mol. The molecule has 0 radical (unpaired) electrons. The number of nitrogens with zero attached hydrogens (tertiary/aromatic N) is 2. The highest BCUT2D eigenvalue weighted by Crippen LogP contribution is 2.20. The van der Waals surface area contributed by atoms with Gasteiger partial charge in [-0.2, -0.15) is 4.99 Å². The van der Waals surface area contributed by atoms with E-state index in [4.69, 9.17) is 4.74 Å². The molecule has 5 heteroatoms. The average Bonchev–Trinajstić information content (AvgIpc) is 2.85. The lowest BCUT2D eigenvalue weighted by Crippen LogP contribution is -2.14. The van der Waals surface area contributed by atoms with Crippen molar-refractivity contribution in [2.75, 3.05) is 7.11 Å². The van der Waals surface area contributed by atoms with Gasteiger partial charge in [0.15, 0.2) is 4.80 Å². The Kier molecular flexibility index (Phi) is 4.30. The molecule has 0 bridgehead atoms. The van der Waals surface area contributed by atoms with Crippen molar-refractivity contribution in [3.05, 3.63) is 58.4 Å². The van der Waals surface area contributed by atoms with Gasteiger partial charge in [0.25, 0.3) is 5.91 Å². The summed E-state index contributed by atoms with van der Waals surface area (Å²) < 4.78 is 8.31. The number of aromatic nitrogens is 1. The molecule has 0 aliphatic rings. The third-order valence-electron chi connectivity index (χ3n) is 3.73. The largest absolute Gasteiger partial charge is 0.497 e. The van der Waals surface area contributed by atoms with Crippen LogP contribution < -0.4 is 9.54 Å². The first-order valence-electron chi connectivity index (χ1n) is 7.34. The van der Waals surface area contributed by atoms with E-state index in [1.165, 1.54) is 16.9 Å². The van der Waals surface area contributed by atoms with E-state index in [0.717, 1.165) is 26.3 Å². The number of carbonyl (C=O) groups is 1. The highest BCUT2D eigenvalue weighted by atomic mass is 32.1. The van der Waals surface area contributed by atoms with Crippen LogP contribution in [0.5, 0.6) is 5.75 Å². The smallest absolute Gasteiger partial charge is 0.252 e. The first-order chi connectivity index (χ1) is 11.1. The normalized spacial score (nSPS) is 11.9. The summed E-state index contributed by atoms with van der Waals surface area (Å²) in [7, 11) is 3.56. The summed E-state index contributed by atoms with van der Waals surface area (Å²) in [4.78, 5) is 17.3. The van der Waals surface area contributed by atoms with Gasteiger partial charge in [-0.3, -0.25) is 4.79 Å². The van der Waals surface area contributed by atoms with E-state index in [-0.39, 0.29) is 12.3 Å². The molecule has 1 amide bonds. The molecule has 23 heavy (non-hydrogen) atoms. The second-order valence-corrected chi connectivity index (χ2v) is 6.41. The van der Waals surface area contributed by atoms with Gasteiger partial charge < -0.3 is 9.30 Å². The monoisotopic (exact) mass is 326 g/mol. The van der Waals surface area contributed by atoms with Crippen molar-refractivity contribution >= 4 is 27.5 Å². The van der Waals surface area contributed by atoms with Crippen LogP contribution in [0.25, 0.3) is 10.2 Å². The lowest BCUT2D eigenvalue weighted by molar-refractivity contribution is -0.117. The highest BCUT2D eigenvalue weighted by molar-refractivity contribution is 7.16. The SMILES string of the molecule is COc1cccc(CC(=O)N=c2sc3cccc(C)c3n2C)c1. The number of amides is 1. The zero-order valence-electron chi connectivity index (χ0n) is 13.4. The average molecular weight is 326 g/mol. The highest BCUT2D eigenvalue weighted by Gasteiger charge is 2.08. The van der Waals surface area contributed by atoms with E-state index in [0.29, 0.717) is 0 Å². The maximum absolute atomic E-state index is 12.3. The van der Waals surface area contributed by atoms with E-state index in [1.807, 2.05) is 41.9 Å². The molecule has 0 fully saturated rings. The number of fused-ring (bicyclic) bond motifs is 1. The number of hydrogen-bond acceptors (Lipinski definition) is 3. The number of benzene rings is 2. The van der Waals surface area contributed by atoms with Gasteiger partial charge in [-0.25, -0.2) is 0 Å². The number of hydrogen-bond donors (Lipinski definition) is 0. The molecule has 0 aliphatic heterocycles. The molecule has 1 heterocycles. The minimum absolute atomic E-state index is 0.155. The zero-order chi connectivity index (χ0) is 16.4. The fourth-order valence-electron chi connectivity index (χ4n) is 2.61. The van der Waals surface area contributed by atoms with Gasteiger partial charge in [0.05, 0.1) is 23.7 Å². The van der Waals surface area contributed by atoms with Crippen LogP contribution in [0.15, 0.2) is 47.5 Å². The van der Waals surface area contributed by atoms with Crippen LogP contribution in [0.1, 0.15) is 11.1 Å². The van der Waals surface area contributed by atoms with E-state index >= 15 is 0 Å². The molecule has 0 saturated heterocycles. The lowest BCUT2D eigenvalue weighted by atomic mass is 10.1. The van der Waals surface area contributed by atoms with Crippen molar-refractivity contribution in [2.45, 2.75) is 13.3 Å². The third kappa shape index (κ3) is 3.19. The molecule has 118 valence electrons. The van der Waals surface area contributed by atoms with Gasteiger partial charge in [0.2, 0.25) is 0 Å². The van der Waals surface area contributed by atoms with Crippen LogP contribution in [0.3, 0.4) is 0 Å². The number of aryl methyl sites for hydroxylation is 2. The number of methoxy groups -OCH3 is 1. The van der Waals surface area contributed by atoms with E-state index in [2.05, 4.69) is 24.0 Å². The van der Waals surface area contributed by atoms with Crippen LogP contribution in [0.2, 0.25) is 0 Å². The fraction of sp³-hybridized carbons (Fsp3) is 0.222. The summed E-state index contributed by atoms with van der Waals surface area (Å²) in [6.07, 6.45) is 0.268. The van der Waals surface area contributed by atoms with Crippen LogP contribution in [0, 0.1) is 6.92 Å². The van der Waals surface area contributed by atoms with E-state index < -0.39 is 0 Å². The van der Waals surface area contributed by atoms with Crippen molar-refractivity contribution in [1.29, 1.82) is 0 Å². The van der Waals surface area contributed by atoms with Crippen molar-refractivity contribution in [1.82, 2.24) is 4.57 Å². The molecule has 0 aliphatic carbocycles. The predicted octanol–water partition coefficient (Wildman–Crippen LogP) is 3.23. The fourth-order valence-corrected chi connectivity index (χ4v) is 3.72. The quantitative estimate of drug-likeness (QED) is 0.742. The maximum atomic E-state index is 12.3. The topological polar surface area (TPSA) is 43.6 Å². The van der Waals surface area contributed by atoms with Crippen LogP contribution in [0.4, 0.5) is 0 Å². The number of thiazole rings is 1. The summed E-state index contributed by atoms with van der Waals surface area (Å²) in [5.41, 5.74) is 3.21. The Morgan fingerprint density at radius 1 is 1.26 bits per heavy atom. The van der Waals surface area contributed by atoms with Gasteiger partial charge >= 0.3 is 0 Å². The Morgan fingerprint density at radius 3 is 2.78 bits per heavy atom. The molecule has 0 unspecified atom stereocenters. The summed E-state index contributed by atoms with van der Waals surface area (Å²) in [6, 6.07) is 13.7. The number of para-hydroxylation sites is 1. The minimum atomic E-state index is -0.155. The number of carbonyl (C=O) groups excluding carboxylic acids is 1. The Morgan fingerprint density at radius 2 is 2.04 bits per heavy atom. The van der Waals surface area contributed by atoms with Crippen molar-refractivity contribution < 1.29 is 9.53 Å². The summed E-state index contributed by atoms with van der Waals surface area (Å²) in [6.45, 7) is 2.07. The van der Waals surface area contributed by atoms with Crippen LogP contribution >= 0.6 is 11.3 Å². The van der Waals surface area contributed by atoms with Gasteiger partial charge in [0, 0.05) is 7.05 Å². The Bertz CT molecular complexity index is 938. The van der Waals surface area contributed by atoms with Gasteiger partial charge in [-0.05, 0) is 36.2 Å². The Hall–Kier alpha value is -2.40.